The largest absolute Gasteiger partial charge is 0.352 e. The number of nitrogens with zero attached hydrogens (tertiary/aromatic N) is 4. The highest BCUT2D eigenvalue weighted by atomic mass is 35.5. The Bertz CT molecular complexity index is 1200. The quantitative estimate of drug-likeness (QED) is 0.464. The Morgan fingerprint density at radius 1 is 1.23 bits per heavy atom. The van der Waals surface area contributed by atoms with Crippen LogP contribution < -0.4 is 5.32 Å². The highest BCUT2D eigenvalue weighted by molar-refractivity contribution is 6.30. The van der Waals surface area contributed by atoms with Crippen LogP contribution in [0.15, 0.2) is 59.4 Å². The Balaban J connectivity index is 1.28. The summed E-state index contributed by atoms with van der Waals surface area (Å²) < 4.78 is 20.6. The van der Waals surface area contributed by atoms with Crippen LogP contribution in [0, 0.1) is 12.7 Å². The molecule has 0 fully saturated rings. The summed E-state index contributed by atoms with van der Waals surface area (Å²) in [5.41, 5.74) is 2.82. The molecule has 0 unspecified atom stereocenters. The minimum absolute atomic E-state index is 0.152. The summed E-state index contributed by atoms with van der Waals surface area (Å²) in [6.45, 7) is 2.03. The average Bonchev–Trinajstić information content (AvgIpc) is 3.43. The van der Waals surface area contributed by atoms with Crippen molar-refractivity contribution in [1.29, 1.82) is 0 Å². The van der Waals surface area contributed by atoms with Crippen molar-refractivity contribution >= 4 is 17.5 Å². The predicted octanol–water partition coefficient (Wildman–Crippen LogP) is 4.27. The van der Waals surface area contributed by atoms with E-state index in [0.717, 1.165) is 11.3 Å². The molecule has 0 radical (unpaired) electrons. The van der Waals surface area contributed by atoms with E-state index in [1.807, 2.05) is 18.3 Å². The normalized spacial score (nSPS) is 10.9. The first-order valence-electron chi connectivity index (χ1n) is 9.63. The smallest absolute Gasteiger partial charge is 0.227 e. The molecule has 0 spiro atoms. The van der Waals surface area contributed by atoms with Crippen LogP contribution in [0.1, 0.15) is 23.4 Å². The summed E-state index contributed by atoms with van der Waals surface area (Å²) in [4.78, 5) is 16.4. The van der Waals surface area contributed by atoms with Gasteiger partial charge in [0.05, 0.1) is 11.9 Å². The summed E-state index contributed by atoms with van der Waals surface area (Å²) in [6, 6.07) is 12.0. The Morgan fingerprint density at radius 3 is 2.81 bits per heavy atom. The van der Waals surface area contributed by atoms with Crippen molar-refractivity contribution in [1.82, 2.24) is 25.2 Å². The first-order chi connectivity index (χ1) is 15.0. The number of hydrogen-bond acceptors (Lipinski definition) is 5. The molecule has 0 aliphatic carbocycles. The van der Waals surface area contributed by atoms with E-state index in [9.17, 15) is 9.18 Å². The van der Waals surface area contributed by atoms with Crippen LogP contribution in [0.5, 0.6) is 0 Å². The maximum atomic E-state index is 13.7. The summed E-state index contributed by atoms with van der Waals surface area (Å²) >= 11 is 5.90. The number of rotatable bonds is 7. The summed E-state index contributed by atoms with van der Waals surface area (Å²) in [7, 11) is 0. The van der Waals surface area contributed by atoms with Gasteiger partial charge < -0.3 is 9.84 Å². The van der Waals surface area contributed by atoms with Gasteiger partial charge in [0.25, 0.3) is 0 Å². The first-order valence-corrected chi connectivity index (χ1v) is 10.0. The Hall–Kier alpha value is -3.52. The molecule has 31 heavy (non-hydrogen) atoms. The fraction of sp³-hybridized carbons (Fsp3) is 0.182. The van der Waals surface area contributed by atoms with Crippen LogP contribution in [0.3, 0.4) is 0 Å². The monoisotopic (exact) mass is 439 g/mol. The molecular weight excluding hydrogens is 421 g/mol. The molecule has 0 bridgehead atoms. The van der Waals surface area contributed by atoms with E-state index < -0.39 is 0 Å². The lowest BCUT2D eigenvalue weighted by Crippen LogP contribution is -2.22. The van der Waals surface area contributed by atoms with Crippen molar-refractivity contribution < 1.29 is 13.7 Å². The van der Waals surface area contributed by atoms with Crippen LogP contribution in [0.2, 0.25) is 5.02 Å². The van der Waals surface area contributed by atoms with Gasteiger partial charge in [0, 0.05) is 41.7 Å². The zero-order valence-corrected chi connectivity index (χ0v) is 17.4. The maximum Gasteiger partial charge on any atom is 0.227 e. The van der Waals surface area contributed by atoms with Gasteiger partial charge in [-0.25, -0.2) is 9.07 Å². The van der Waals surface area contributed by atoms with E-state index in [-0.39, 0.29) is 24.6 Å². The zero-order chi connectivity index (χ0) is 21.8. The second kappa shape index (κ2) is 9.09. The molecule has 2 aromatic carbocycles. The molecule has 4 rings (SSSR count). The highest BCUT2D eigenvalue weighted by Crippen LogP contribution is 2.19. The molecule has 0 saturated carbocycles. The third kappa shape index (κ3) is 5.16. The Morgan fingerprint density at radius 2 is 2.03 bits per heavy atom. The topological polar surface area (TPSA) is 85.8 Å². The molecule has 2 heterocycles. The lowest BCUT2D eigenvalue weighted by atomic mass is 10.1. The molecule has 7 nitrogen and oxygen atoms in total. The molecule has 0 aliphatic heterocycles. The fourth-order valence-electron chi connectivity index (χ4n) is 2.90. The molecular formula is C22H19ClFN5O2. The first kappa shape index (κ1) is 20.7. The predicted molar refractivity (Wildman–Crippen MR) is 113 cm³/mol. The maximum absolute atomic E-state index is 13.7. The van der Waals surface area contributed by atoms with Crippen molar-refractivity contribution in [3.05, 3.63) is 82.7 Å². The standard InChI is InChI=1S/C22H19ClFN5O2/c1-14-2-3-16(10-19(14)24)22-27-21(31-28-22)9-8-20(30)25-11-15-12-26-29(13-15)18-6-4-17(23)5-7-18/h2-7,10,12-13H,8-9,11H2,1H3,(H,25,30). The van der Waals surface area contributed by atoms with Crippen LogP contribution in [0.25, 0.3) is 17.1 Å². The van der Waals surface area contributed by atoms with Gasteiger partial charge in [0.2, 0.25) is 17.6 Å². The molecule has 0 saturated heterocycles. The van der Waals surface area contributed by atoms with Crippen LogP contribution >= 0.6 is 11.6 Å². The molecule has 1 N–H and O–H groups in total. The molecule has 2 aromatic heterocycles. The van der Waals surface area contributed by atoms with Crippen molar-refractivity contribution in [2.45, 2.75) is 26.3 Å². The SMILES string of the molecule is Cc1ccc(-c2noc(CCC(=O)NCc3cnn(-c4ccc(Cl)cc4)c3)n2)cc1F. The third-order valence-electron chi connectivity index (χ3n) is 4.68. The zero-order valence-electron chi connectivity index (χ0n) is 16.7. The number of aryl methyl sites for hydroxylation is 2. The number of halogens is 2. The molecule has 0 atom stereocenters. The van der Waals surface area contributed by atoms with Crippen molar-refractivity contribution in [3.8, 4) is 17.1 Å². The highest BCUT2D eigenvalue weighted by Gasteiger charge is 2.12. The van der Waals surface area contributed by atoms with Gasteiger partial charge >= 0.3 is 0 Å². The minimum atomic E-state index is -0.331. The average molecular weight is 440 g/mol. The van der Waals surface area contributed by atoms with E-state index in [4.69, 9.17) is 16.1 Å². The van der Waals surface area contributed by atoms with Gasteiger partial charge in [0.15, 0.2) is 0 Å². The minimum Gasteiger partial charge on any atom is -0.352 e. The fourth-order valence-corrected chi connectivity index (χ4v) is 3.03. The number of nitrogens with one attached hydrogen (secondary N) is 1. The number of carbonyl (C=O) groups excluding carboxylic acids is 1. The van der Waals surface area contributed by atoms with Crippen LogP contribution in [0.4, 0.5) is 4.39 Å². The molecule has 158 valence electrons. The summed E-state index contributed by atoms with van der Waals surface area (Å²) in [5.74, 6) is 0.133. The van der Waals surface area contributed by atoms with Gasteiger partial charge in [-0.05, 0) is 42.8 Å². The van der Waals surface area contributed by atoms with Crippen LogP contribution in [-0.2, 0) is 17.8 Å². The van der Waals surface area contributed by atoms with Crippen molar-refractivity contribution in [2.75, 3.05) is 0 Å². The third-order valence-corrected chi connectivity index (χ3v) is 4.93. The molecule has 9 heteroatoms. The number of aromatic nitrogens is 4. The molecule has 0 aliphatic rings. The number of hydrogen-bond donors (Lipinski definition) is 1. The van der Waals surface area contributed by atoms with E-state index >= 15 is 0 Å². The summed E-state index contributed by atoms with van der Waals surface area (Å²) in [6.07, 6.45) is 4.01. The van der Waals surface area contributed by atoms with Gasteiger partial charge in [-0.1, -0.05) is 28.9 Å². The second-order valence-electron chi connectivity index (χ2n) is 7.02. The van der Waals surface area contributed by atoms with E-state index in [2.05, 4.69) is 20.6 Å². The van der Waals surface area contributed by atoms with Gasteiger partial charge in [-0.3, -0.25) is 4.79 Å². The molecule has 4 aromatic rings. The Kier molecular flexibility index (Phi) is 6.08. The van der Waals surface area contributed by atoms with E-state index in [1.165, 1.54) is 6.07 Å². The summed E-state index contributed by atoms with van der Waals surface area (Å²) in [5, 5.41) is 11.7. The van der Waals surface area contributed by atoms with Crippen molar-refractivity contribution in [2.24, 2.45) is 0 Å². The van der Waals surface area contributed by atoms with E-state index in [0.29, 0.717) is 34.4 Å². The van der Waals surface area contributed by atoms with Gasteiger partial charge in [0.1, 0.15) is 5.82 Å². The second-order valence-corrected chi connectivity index (χ2v) is 7.46. The Labute approximate surface area is 182 Å². The van der Waals surface area contributed by atoms with Crippen molar-refractivity contribution in [3.63, 3.8) is 0 Å². The number of amides is 1. The van der Waals surface area contributed by atoms with Gasteiger partial charge in [-0.2, -0.15) is 10.1 Å². The van der Waals surface area contributed by atoms with E-state index in [1.54, 1.807) is 42.1 Å². The van der Waals surface area contributed by atoms with Gasteiger partial charge in [-0.15, -0.1) is 0 Å². The lowest BCUT2D eigenvalue weighted by Gasteiger charge is -2.02. The lowest BCUT2D eigenvalue weighted by molar-refractivity contribution is -0.121. The number of benzene rings is 2. The molecule has 1 amide bonds. The number of carbonyl (C=O) groups is 1. The van der Waals surface area contributed by atoms with Crippen LogP contribution in [-0.4, -0.2) is 25.8 Å².